The zero-order valence-electron chi connectivity index (χ0n) is 8.83. The molecule has 0 unspecified atom stereocenters. The number of rotatable bonds is 0. The van der Waals surface area contributed by atoms with E-state index in [1.807, 2.05) is 6.92 Å². The molecule has 0 radical (unpaired) electrons. The highest BCUT2D eigenvalue weighted by Gasteiger charge is 2.22. The maximum absolute atomic E-state index is 5.08. The van der Waals surface area contributed by atoms with Crippen molar-refractivity contribution in [1.29, 1.82) is 0 Å². The molecule has 0 bridgehead atoms. The molecule has 0 amide bonds. The third-order valence-electron chi connectivity index (χ3n) is 2.15. The van der Waals surface area contributed by atoms with Gasteiger partial charge < -0.3 is 4.52 Å². The molecule has 0 spiro atoms. The predicted octanol–water partition coefficient (Wildman–Crippen LogP) is 2.22. The quantitative estimate of drug-likeness (QED) is 0.640. The second-order valence-electron chi connectivity index (χ2n) is 4.42. The van der Waals surface area contributed by atoms with Gasteiger partial charge in [0.25, 0.3) is 5.71 Å². The summed E-state index contributed by atoms with van der Waals surface area (Å²) in [6.45, 7) is 8.24. The van der Waals surface area contributed by atoms with E-state index < -0.39 is 0 Å². The zero-order valence-corrected chi connectivity index (χ0v) is 8.83. The van der Waals surface area contributed by atoms with Crippen LogP contribution >= 0.6 is 0 Å². The number of nitrogens with zero attached hydrogens (tertiary/aromatic N) is 3. The van der Waals surface area contributed by atoms with E-state index in [9.17, 15) is 0 Å². The number of aromatic nitrogens is 3. The van der Waals surface area contributed by atoms with Crippen LogP contribution in [0.25, 0.3) is 11.1 Å². The van der Waals surface area contributed by atoms with Gasteiger partial charge in [-0.3, -0.25) is 0 Å². The lowest BCUT2D eigenvalue weighted by atomic mass is 9.89. The van der Waals surface area contributed by atoms with Gasteiger partial charge >= 0.3 is 0 Å². The molecule has 0 aliphatic rings. The predicted molar refractivity (Wildman–Crippen MR) is 53.0 cm³/mol. The van der Waals surface area contributed by atoms with E-state index in [2.05, 4.69) is 35.9 Å². The van der Waals surface area contributed by atoms with Crippen molar-refractivity contribution in [3.05, 3.63) is 17.7 Å². The Labute approximate surface area is 82.3 Å². The van der Waals surface area contributed by atoms with Crippen molar-refractivity contribution in [2.75, 3.05) is 0 Å². The van der Waals surface area contributed by atoms with Crippen LogP contribution in [0, 0.1) is 6.92 Å². The fourth-order valence-electron chi connectivity index (χ4n) is 1.49. The number of fused-ring (bicyclic) bond motifs is 1. The molecule has 2 aromatic rings. The molecule has 2 heterocycles. The fraction of sp³-hybridized carbons (Fsp3) is 0.500. The lowest BCUT2D eigenvalue weighted by Crippen LogP contribution is -2.14. The summed E-state index contributed by atoms with van der Waals surface area (Å²) in [4.78, 5) is 8.34. The SMILES string of the molecule is Cc1noc2ncnc(C(C)(C)C)c12. The van der Waals surface area contributed by atoms with Crippen molar-refractivity contribution in [2.45, 2.75) is 33.1 Å². The summed E-state index contributed by atoms with van der Waals surface area (Å²) in [6, 6.07) is 0. The molecule has 2 aromatic heterocycles. The third kappa shape index (κ3) is 1.27. The molecule has 2 rings (SSSR count). The molecule has 0 fully saturated rings. The maximum atomic E-state index is 5.08. The van der Waals surface area contributed by atoms with E-state index in [1.54, 1.807) is 0 Å². The monoisotopic (exact) mass is 191 g/mol. The second-order valence-corrected chi connectivity index (χ2v) is 4.42. The summed E-state index contributed by atoms with van der Waals surface area (Å²) < 4.78 is 5.08. The molecule has 0 aromatic carbocycles. The van der Waals surface area contributed by atoms with Crippen molar-refractivity contribution < 1.29 is 4.52 Å². The van der Waals surface area contributed by atoms with Gasteiger partial charge in [-0.25, -0.2) is 4.98 Å². The zero-order chi connectivity index (χ0) is 10.3. The van der Waals surface area contributed by atoms with Crippen molar-refractivity contribution >= 4 is 11.1 Å². The molecule has 0 atom stereocenters. The van der Waals surface area contributed by atoms with E-state index in [0.29, 0.717) is 5.71 Å². The highest BCUT2D eigenvalue weighted by atomic mass is 16.5. The summed E-state index contributed by atoms with van der Waals surface area (Å²) in [5.41, 5.74) is 2.39. The van der Waals surface area contributed by atoms with Gasteiger partial charge in [0.1, 0.15) is 6.33 Å². The summed E-state index contributed by atoms with van der Waals surface area (Å²) >= 11 is 0. The maximum Gasteiger partial charge on any atom is 0.261 e. The first-order chi connectivity index (χ1) is 6.50. The van der Waals surface area contributed by atoms with E-state index in [4.69, 9.17) is 4.52 Å². The summed E-state index contributed by atoms with van der Waals surface area (Å²) in [5, 5.41) is 4.84. The largest absolute Gasteiger partial charge is 0.335 e. The van der Waals surface area contributed by atoms with Crippen LogP contribution in [0.3, 0.4) is 0 Å². The van der Waals surface area contributed by atoms with Crippen molar-refractivity contribution in [2.24, 2.45) is 0 Å². The number of hydrogen-bond acceptors (Lipinski definition) is 4. The molecular formula is C10H13N3O. The lowest BCUT2D eigenvalue weighted by Gasteiger charge is -2.17. The van der Waals surface area contributed by atoms with Gasteiger partial charge in [0.05, 0.1) is 16.8 Å². The van der Waals surface area contributed by atoms with Gasteiger partial charge in [-0.05, 0) is 6.92 Å². The molecule has 4 heteroatoms. The summed E-state index contributed by atoms with van der Waals surface area (Å²) in [6.07, 6.45) is 1.52. The van der Waals surface area contributed by atoms with E-state index >= 15 is 0 Å². The fourth-order valence-corrected chi connectivity index (χ4v) is 1.49. The third-order valence-corrected chi connectivity index (χ3v) is 2.15. The first-order valence-electron chi connectivity index (χ1n) is 4.57. The first-order valence-corrected chi connectivity index (χ1v) is 4.57. The van der Waals surface area contributed by atoms with E-state index in [0.717, 1.165) is 16.8 Å². The van der Waals surface area contributed by atoms with Crippen LogP contribution in [0.1, 0.15) is 32.2 Å². The number of hydrogen-bond donors (Lipinski definition) is 0. The molecule has 74 valence electrons. The van der Waals surface area contributed by atoms with Crippen LogP contribution in [0.5, 0.6) is 0 Å². The molecular weight excluding hydrogens is 178 g/mol. The minimum absolute atomic E-state index is 0.0164. The average molecular weight is 191 g/mol. The molecule has 4 nitrogen and oxygen atoms in total. The Morgan fingerprint density at radius 1 is 1.21 bits per heavy atom. The molecule has 0 N–H and O–H groups in total. The highest BCUT2D eigenvalue weighted by molar-refractivity contribution is 5.79. The normalized spacial score (nSPS) is 12.3. The average Bonchev–Trinajstić information content (AvgIpc) is 2.46. The topological polar surface area (TPSA) is 51.8 Å². The van der Waals surface area contributed by atoms with Crippen LogP contribution in [0.15, 0.2) is 10.9 Å². The Bertz CT molecular complexity index is 468. The van der Waals surface area contributed by atoms with Crippen molar-refractivity contribution in [3.8, 4) is 0 Å². The number of aryl methyl sites for hydroxylation is 1. The molecule has 0 aliphatic heterocycles. The second kappa shape index (κ2) is 2.77. The van der Waals surface area contributed by atoms with Crippen LogP contribution in [-0.2, 0) is 5.41 Å². The summed E-state index contributed by atoms with van der Waals surface area (Å²) in [7, 11) is 0. The van der Waals surface area contributed by atoms with Gasteiger partial charge in [-0.2, -0.15) is 4.98 Å². The van der Waals surface area contributed by atoms with E-state index in [1.165, 1.54) is 6.33 Å². The highest BCUT2D eigenvalue weighted by Crippen LogP contribution is 2.28. The van der Waals surface area contributed by atoms with Crippen LogP contribution in [0.2, 0.25) is 0 Å². The van der Waals surface area contributed by atoms with Crippen LogP contribution in [-0.4, -0.2) is 15.1 Å². The minimum Gasteiger partial charge on any atom is -0.335 e. The van der Waals surface area contributed by atoms with Gasteiger partial charge in [0, 0.05) is 5.41 Å². The molecule has 0 saturated carbocycles. The Kier molecular flexibility index (Phi) is 1.80. The van der Waals surface area contributed by atoms with Gasteiger partial charge in [0.2, 0.25) is 0 Å². The Morgan fingerprint density at radius 2 is 1.93 bits per heavy atom. The Morgan fingerprint density at radius 3 is 2.57 bits per heavy atom. The molecule has 0 aliphatic carbocycles. The minimum atomic E-state index is -0.0164. The lowest BCUT2D eigenvalue weighted by molar-refractivity contribution is 0.442. The summed E-state index contributed by atoms with van der Waals surface area (Å²) in [5.74, 6) is 0. The van der Waals surface area contributed by atoms with Gasteiger partial charge in [0.15, 0.2) is 0 Å². The van der Waals surface area contributed by atoms with Gasteiger partial charge in [-0.15, -0.1) is 0 Å². The standard InChI is InChI=1S/C10H13N3O/c1-6-7-8(10(2,3)4)11-5-12-9(7)14-13-6/h5H,1-4H3. The first kappa shape index (κ1) is 9.12. The van der Waals surface area contributed by atoms with E-state index in [-0.39, 0.29) is 5.41 Å². The van der Waals surface area contributed by atoms with Crippen LogP contribution in [0.4, 0.5) is 0 Å². The van der Waals surface area contributed by atoms with Crippen molar-refractivity contribution in [3.63, 3.8) is 0 Å². The molecule has 14 heavy (non-hydrogen) atoms. The van der Waals surface area contributed by atoms with Crippen molar-refractivity contribution in [1.82, 2.24) is 15.1 Å². The Hall–Kier alpha value is -1.45. The smallest absolute Gasteiger partial charge is 0.261 e. The Balaban J connectivity index is 2.82. The van der Waals surface area contributed by atoms with Crippen LogP contribution < -0.4 is 0 Å². The molecule has 0 saturated heterocycles. The van der Waals surface area contributed by atoms with Gasteiger partial charge in [-0.1, -0.05) is 25.9 Å².